The Labute approximate surface area is 101 Å². The molecule has 1 aromatic rings. The van der Waals surface area contributed by atoms with Gasteiger partial charge in [-0.3, -0.25) is 11.3 Å². The molecule has 0 radical (unpaired) electrons. The number of hydrogen-bond donors (Lipinski definition) is 2. The molecule has 3 N–H and O–H groups in total. The van der Waals surface area contributed by atoms with Gasteiger partial charge in [0.2, 0.25) is 0 Å². The third kappa shape index (κ3) is 3.44. The van der Waals surface area contributed by atoms with Gasteiger partial charge in [-0.1, -0.05) is 31.9 Å². The summed E-state index contributed by atoms with van der Waals surface area (Å²) in [7, 11) is 0. The highest BCUT2D eigenvalue weighted by molar-refractivity contribution is 6.30. The molecule has 0 fully saturated rings. The second kappa shape index (κ2) is 6.18. The topological polar surface area (TPSA) is 38.0 Å². The van der Waals surface area contributed by atoms with E-state index in [1.807, 2.05) is 0 Å². The molecule has 1 aromatic carbocycles. The molecule has 0 heterocycles. The second-order valence-corrected chi connectivity index (χ2v) is 4.57. The van der Waals surface area contributed by atoms with E-state index in [1.54, 1.807) is 6.07 Å². The molecule has 0 bridgehead atoms. The Morgan fingerprint density at radius 3 is 2.75 bits per heavy atom. The van der Waals surface area contributed by atoms with Crippen molar-refractivity contribution >= 4 is 11.6 Å². The van der Waals surface area contributed by atoms with Crippen LogP contribution in [0.3, 0.4) is 0 Å². The van der Waals surface area contributed by atoms with E-state index < -0.39 is 0 Å². The smallest absolute Gasteiger partial charge is 0.128 e. The van der Waals surface area contributed by atoms with Gasteiger partial charge in [-0.15, -0.1) is 0 Å². The minimum absolute atomic E-state index is 0.186. The third-order valence-electron chi connectivity index (χ3n) is 2.87. The highest BCUT2D eigenvalue weighted by atomic mass is 35.5. The van der Waals surface area contributed by atoms with Crippen LogP contribution in [0.1, 0.15) is 38.3 Å². The van der Waals surface area contributed by atoms with Crippen LogP contribution >= 0.6 is 11.6 Å². The van der Waals surface area contributed by atoms with Gasteiger partial charge in [0, 0.05) is 16.6 Å². The monoisotopic (exact) mass is 244 g/mol. The molecule has 0 amide bonds. The van der Waals surface area contributed by atoms with Crippen LogP contribution in [0.25, 0.3) is 0 Å². The van der Waals surface area contributed by atoms with Crippen molar-refractivity contribution in [2.24, 2.45) is 11.8 Å². The normalized spacial score (nSPS) is 14.8. The number of hydrogen-bond acceptors (Lipinski definition) is 2. The average molecular weight is 245 g/mol. The lowest BCUT2D eigenvalue weighted by atomic mass is 9.94. The van der Waals surface area contributed by atoms with Crippen molar-refractivity contribution in [1.82, 2.24) is 5.43 Å². The van der Waals surface area contributed by atoms with E-state index in [4.69, 9.17) is 17.4 Å². The number of rotatable bonds is 5. The maximum atomic E-state index is 13.6. The van der Waals surface area contributed by atoms with Crippen molar-refractivity contribution < 1.29 is 4.39 Å². The van der Waals surface area contributed by atoms with E-state index in [9.17, 15) is 4.39 Å². The van der Waals surface area contributed by atoms with Gasteiger partial charge in [-0.25, -0.2) is 4.39 Å². The molecule has 2 nitrogen and oxygen atoms in total. The van der Waals surface area contributed by atoms with Crippen molar-refractivity contribution in [3.63, 3.8) is 0 Å². The highest BCUT2D eigenvalue weighted by Gasteiger charge is 2.17. The summed E-state index contributed by atoms with van der Waals surface area (Å²) in [5, 5.41) is 0.529. The van der Waals surface area contributed by atoms with Crippen molar-refractivity contribution in [3.8, 4) is 0 Å². The van der Waals surface area contributed by atoms with E-state index in [0.29, 0.717) is 16.5 Å². The minimum Gasteiger partial charge on any atom is -0.271 e. The van der Waals surface area contributed by atoms with E-state index in [0.717, 1.165) is 12.8 Å². The number of halogens is 2. The van der Waals surface area contributed by atoms with Gasteiger partial charge in [0.25, 0.3) is 0 Å². The van der Waals surface area contributed by atoms with Crippen LogP contribution < -0.4 is 11.3 Å². The summed E-state index contributed by atoms with van der Waals surface area (Å²) >= 11 is 5.85. The maximum absolute atomic E-state index is 13.6. The van der Waals surface area contributed by atoms with Gasteiger partial charge < -0.3 is 0 Å². The Morgan fingerprint density at radius 1 is 1.50 bits per heavy atom. The summed E-state index contributed by atoms with van der Waals surface area (Å²) in [6, 6.07) is 4.35. The van der Waals surface area contributed by atoms with Crippen LogP contribution in [0.4, 0.5) is 4.39 Å². The molecule has 4 heteroatoms. The predicted octanol–water partition coefficient (Wildman–Crippen LogP) is 3.42. The molecule has 0 aliphatic rings. The van der Waals surface area contributed by atoms with Crippen molar-refractivity contribution in [1.29, 1.82) is 0 Å². The van der Waals surface area contributed by atoms with Crippen molar-refractivity contribution in [3.05, 3.63) is 34.6 Å². The molecule has 0 saturated carbocycles. The zero-order valence-electron chi connectivity index (χ0n) is 9.63. The van der Waals surface area contributed by atoms with Gasteiger partial charge in [-0.2, -0.15) is 0 Å². The quantitative estimate of drug-likeness (QED) is 0.615. The van der Waals surface area contributed by atoms with Gasteiger partial charge >= 0.3 is 0 Å². The molecular formula is C12H18ClFN2. The lowest BCUT2D eigenvalue weighted by Crippen LogP contribution is -2.30. The molecule has 1 rings (SSSR count). The molecular weight excluding hydrogens is 227 g/mol. The number of nitrogens with two attached hydrogens (primary N) is 1. The number of benzene rings is 1. The van der Waals surface area contributed by atoms with E-state index in [1.165, 1.54) is 12.1 Å². The maximum Gasteiger partial charge on any atom is 0.128 e. The summed E-state index contributed by atoms with van der Waals surface area (Å²) in [4.78, 5) is 0. The van der Waals surface area contributed by atoms with E-state index in [-0.39, 0.29) is 11.9 Å². The molecule has 16 heavy (non-hydrogen) atoms. The Balaban J connectivity index is 2.89. The van der Waals surface area contributed by atoms with Gasteiger partial charge in [0.15, 0.2) is 0 Å². The number of nitrogens with one attached hydrogen (secondary N) is 1. The van der Waals surface area contributed by atoms with Crippen molar-refractivity contribution in [2.75, 3.05) is 0 Å². The summed E-state index contributed by atoms with van der Waals surface area (Å²) in [5.74, 6) is 5.68. The van der Waals surface area contributed by atoms with Crippen LogP contribution in [0, 0.1) is 11.7 Å². The molecule has 90 valence electrons. The fraction of sp³-hybridized carbons (Fsp3) is 0.500. The summed E-state index contributed by atoms with van der Waals surface area (Å²) in [6.45, 7) is 4.22. The first-order valence-electron chi connectivity index (χ1n) is 5.49. The zero-order chi connectivity index (χ0) is 12.1. The van der Waals surface area contributed by atoms with Crippen LogP contribution in [0.5, 0.6) is 0 Å². The Morgan fingerprint density at radius 2 is 2.19 bits per heavy atom. The largest absolute Gasteiger partial charge is 0.271 e. The van der Waals surface area contributed by atoms with Crippen LogP contribution in [-0.2, 0) is 0 Å². The fourth-order valence-corrected chi connectivity index (χ4v) is 1.82. The van der Waals surface area contributed by atoms with Gasteiger partial charge in [-0.05, 0) is 30.5 Å². The first-order valence-corrected chi connectivity index (χ1v) is 5.87. The molecule has 0 aliphatic heterocycles. The molecule has 2 atom stereocenters. The lowest BCUT2D eigenvalue weighted by molar-refractivity contribution is 0.397. The Kier molecular flexibility index (Phi) is 5.19. The third-order valence-corrected chi connectivity index (χ3v) is 3.10. The minimum atomic E-state index is -0.268. The van der Waals surface area contributed by atoms with Gasteiger partial charge in [0.1, 0.15) is 5.82 Å². The standard InChI is InChI=1S/C12H18ClFN2/c1-3-8(2)6-12(16-15)10-7-9(13)4-5-11(10)14/h4-5,7-8,12,16H,3,6,15H2,1-2H3. The summed E-state index contributed by atoms with van der Waals surface area (Å²) in [5.41, 5.74) is 3.19. The summed E-state index contributed by atoms with van der Waals surface area (Å²) in [6.07, 6.45) is 1.84. The average Bonchev–Trinajstić information content (AvgIpc) is 2.29. The first-order chi connectivity index (χ1) is 7.58. The van der Waals surface area contributed by atoms with Crippen LogP contribution in [-0.4, -0.2) is 0 Å². The van der Waals surface area contributed by atoms with Gasteiger partial charge in [0.05, 0.1) is 0 Å². The Hall–Kier alpha value is -0.640. The van der Waals surface area contributed by atoms with E-state index in [2.05, 4.69) is 19.3 Å². The van der Waals surface area contributed by atoms with Crippen LogP contribution in [0.2, 0.25) is 5.02 Å². The first kappa shape index (κ1) is 13.4. The number of hydrazine groups is 1. The molecule has 2 unspecified atom stereocenters. The molecule has 0 aliphatic carbocycles. The molecule has 0 spiro atoms. The fourth-order valence-electron chi connectivity index (χ4n) is 1.64. The zero-order valence-corrected chi connectivity index (χ0v) is 10.4. The van der Waals surface area contributed by atoms with Crippen LogP contribution in [0.15, 0.2) is 18.2 Å². The van der Waals surface area contributed by atoms with Crippen molar-refractivity contribution in [2.45, 2.75) is 32.7 Å². The lowest BCUT2D eigenvalue weighted by Gasteiger charge is -2.20. The Bertz CT molecular complexity index is 344. The van der Waals surface area contributed by atoms with E-state index >= 15 is 0 Å². The highest BCUT2D eigenvalue weighted by Crippen LogP contribution is 2.26. The molecule has 0 saturated heterocycles. The summed E-state index contributed by atoms with van der Waals surface area (Å²) < 4.78 is 13.6. The predicted molar refractivity (Wildman–Crippen MR) is 65.5 cm³/mol. The SMILES string of the molecule is CCC(C)CC(NN)c1cc(Cl)ccc1F. The second-order valence-electron chi connectivity index (χ2n) is 4.13. The molecule has 0 aromatic heterocycles.